The first-order valence-corrected chi connectivity index (χ1v) is 10.5. The minimum absolute atomic E-state index is 0.0531. The van der Waals surface area contributed by atoms with Gasteiger partial charge in [-0.15, -0.1) is 0 Å². The molecule has 0 aromatic heterocycles. The summed E-state index contributed by atoms with van der Waals surface area (Å²) in [5.41, 5.74) is 0.806. The average Bonchev–Trinajstić information content (AvgIpc) is 2.62. The van der Waals surface area contributed by atoms with E-state index in [0.717, 1.165) is 5.56 Å². The van der Waals surface area contributed by atoms with Gasteiger partial charge < -0.3 is 24.8 Å². The van der Waals surface area contributed by atoms with Gasteiger partial charge in [0.2, 0.25) is 5.75 Å². The average molecular weight is 400 g/mol. The van der Waals surface area contributed by atoms with Crippen LogP contribution in [0.5, 0.6) is 17.2 Å². The zero-order chi connectivity index (χ0) is 20.2. The lowest BCUT2D eigenvalue weighted by molar-refractivity contribution is 0.339. The Morgan fingerprint density at radius 1 is 1.30 bits per heavy atom. The molecule has 0 amide bonds. The van der Waals surface area contributed by atoms with Crippen LogP contribution >= 0.6 is 0 Å². The summed E-state index contributed by atoms with van der Waals surface area (Å²) in [5, 5.41) is 13.2. The van der Waals surface area contributed by atoms with E-state index in [1.807, 2.05) is 11.8 Å². The predicted octanol–water partition coefficient (Wildman–Crippen LogP) is 1.38. The quantitative estimate of drug-likeness (QED) is 0.570. The molecule has 1 aromatic rings. The van der Waals surface area contributed by atoms with E-state index in [4.69, 9.17) is 9.47 Å². The predicted molar refractivity (Wildman–Crippen MR) is 105 cm³/mol. The van der Waals surface area contributed by atoms with Crippen LogP contribution in [0.25, 0.3) is 0 Å². The Hall–Kier alpha value is -2.16. The van der Waals surface area contributed by atoms with E-state index in [-0.39, 0.29) is 11.5 Å². The number of nitrogens with one attached hydrogen (secondary N) is 1. The molecule has 9 heteroatoms. The van der Waals surface area contributed by atoms with Crippen LogP contribution in [0, 0.1) is 0 Å². The van der Waals surface area contributed by atoms with Crippen LogP contribution in [-0.2, 0) is 16.4 Å². The van der Waals surface area contributed by atoms with Gasteiger partial charge >= 0.3 is 0 Å². The molecule has 0 atom stereocenters. The Balaban J connectivity index is 2.26. The third-order valence-electron chi connectivity index (χ3n) is 4.63. The molecule has 1 saturated heterocycles. The fraction of sp³-hybridized carbons (Fsp3) is 0.611. The van der Waals surface area contributed by atoms with Gasteiger partial charge in [0.1, 0.15) is 0 Å². The van der Waals surface area contributed by atoms with E-state index in [2.05, 4.69) is 10.3 Å². The van der Waals surface area contributed by atoms with Crippen molar-refractivity contribution < 1.29 is 23.0 Å². The number of benzene rings is 1. The van der Waals surface area contributed by atoms with Crippen LogP contribution in [0.3, 0.4) is 0 Å². The lowest BCUT2D eigenvalue weighted by atomic mass is 10.2. The minimum atomic E-state index is -3.12. The third kappa shape index (κ3) is 4.58. The molecule has 1 heterocycles. The van der Waals surface area contributed by atoms with Crippen LogP contribution in [-0.4, -0.2) is 68.7 Å². The van der Waals surface area contributed by atoms with Gasteiger partial charge in [0.25, 0.3) is 0 Å². The van der Waals surface area contributed by atoms with Crippen LogP contribution < -0.4 is 14.8 Å². The first-order valence-electron chi connectivity index (χ1n) is 8.84. The van der Waals surface area contributed by atoms with Gasteiger partial charge in [-0.05, 0) is 38.5 Å². The topological polar surface area (TPSA) is 100 Å². The van der Waals surface area contributed by atoms with E-state index in [1.165, 1.54) is 14.2 Å². The minimum Gasteiger partial charge on any atom is -0.502 e. The summed E-state index contributed by atoms with van der Waals surface area (Å²) in [7, 11) is -0.169. The molecule has 0 aliphatic carbocycles. The molecule has 0 spiro atoms. The highest BCUT2D eigenvalue weighted by atomic mass is 32.2. The van der Waals surface area contributed by atoms with Gasteiger partial charge in [-0.25, -0.2) is 13.4 Å². The Bertz CT molecular complexity index is 780. The lowest BCUT2D eigenvalue weighted by Crippen LogP contribution is -2.57. The summed E-state index contributed by atoms with van der Waals surface area (Å²) in [6.45, 7) is 7.24. The fourth-order valence-corrected chi connectivity index (χ4v) is 4.32. The van der Waals surface area contributed by atoms with Crippen molar-refractivity contribution in [1.82, 2.24) is 10.2 Å². The number of hydrogen-bond donors (Lipinski definition) is 2. The van der Waals surface area contributed by atoms with Crippen molar-refractivity contribution in [1.29, 1.82) is 0 Å². The molecule has 27 heavy (non-hydrogen) atoms. The molecule has 0 bridgehead atoms. The molecule has 152 valence electrons. The Morgan fingerprint density at radius 3 is 2.37 bits per heavy atom. The first-order chi connectivity index (χ1) is 12.6. The molecule has 1 fully saturated rings. The van der Waals surface area contributed by atoms with Gasteiger partial charge in [0, 0.05) is 19.6 Å². The number of nitrogens with zero attached hydrogens (tertiary/aromatic N) is 2. The molecule has 2 N–H and O–H groups in total. The second kappa shape index (κ2) is 8.24. The standard InChI is InChI=1S/C18H29N3O5S/c1-6-19-17(21-7-8-27(23,24)18(2,3)12-21)20-11-13-9-14(25-4)16(22)15(10-13)26-5/h9-10,22H,6-8,11-12H2,1-5H3,(H,19,20). The summed E-state index contributed by atoms with van der Waals surface area (Å²) in [6, 6.07) is 3.41. The number of aromatic hydroxyl groups is 1. The van der Waals surface area contributed by atoms with E-state index in [1.54, 1.807) is 26.0 Å². The molecule has 0 radical (unpaired) electrons. The molecule has 1 aliphatic heterocycles. The van der Waals surface area contributed by atoms with Gasteiger partial charge in [-0.3, -0.25) is 0 Å². The van der Waals surface area contributed by atoms with E-state index < -0.39 is 14.6 Å². The number of guanidine groups is 1. The van der Waals surface area contributed by atoms with E-state index in [9.17, 15) is 13.5 Å². The van der Waals surface area contributed by atoms with Crippen molar-refractivity contribution in [3.63, 3.8) is 0 Å². The second-order valence-electron chi connectivity index (χ2n) is 7.02. The van der Waals surface area contributed by atoms with Crippen LogP contribution in [0.1, 0.15) is 26.3 Å². The molecule has 1 aliphatic rings. The largest absolute Gasteiger partial charge is 0.502 e. The Labute approximate surface area is 161 Å². The maximum Gasteiger partial charge on any atom is 0.200 e. The van der Waals surface area contributed by atoms with Crippen molar-refractivity contribution in [2.24, 2.45) is 4.99 Å². The number of phenolic OH excluding ortho intramolecular Hbond substituents is 1. The maximum absolute atomic E-state index is 12.2. The maximum atomic E-state index is 12.2. The van der Waals surface area contributed by atoms with Gasteiger partial charge in [-0.1, -0.05) is 0 Å². The zero-order valence-corrected chi connectivity index (χ0v) is 17.4. The fourth-order valence-electron chi connectivity index (χ4n) is 2.96. The summed E-state index contributed by atoms with van der Waals surface area (Å²) in [5.74, 6) is 1.34. The molecular weight excluding hydrogens is 370 g/mol. The SMILES string of the molecule is CCNC(=NCc1cc(OC)c(O)c(OC)c1)N1CCS(=O)(=O)C(C)(C)C1. The monoisotopic (exact) mass is 399 g/mol. The first kappa shape index (κ1) is 21.1. The number of phenols is 1. The summed E-state index contributed by atoms with van der Waals surface area (Å²) in [4.78, 5) is 6.62. The van der Waals surface area contributed by atoms with E-state index in [0.29, 0.717) is 43.6 Å². The molecule has 8 nitrogen and oxygen atoms in total. The highest BCUT2D eigenvalue weighted by Crippen LogP contribution is 2.37. The van der Waals surface area contributed by atoms with Crippen molar-refractivity contribution in [2.75, 3.05) is 39.6 Å². The number of sulfone groups is 1. The summed E-state index contributed by atoms with van der Waals surface area (Å²) in [6.07, 6.45) is 0. The van der Waals surface area contributed by atoms with Gasteiger partial charge in [0.15, 0.2) is 27.3 Å². The number of hydrogen-bond acceptors (Lipinski definition) is 6. The zero-order valence-electron chi connectivity index (χ0n) is 16.6. The molecule has 0 unspecified atom stereocenters. The van der Waals surface area contributed by atoms with Crippen LogP contribution in [0.4, 0.5) is 0 Å². The number of ether oxygens (including phenoxy) is 2. The Morgan fingerprint density at radius 2 is 1.89 bits per heavy atom. The normalized spacial score (nSPS) is 18.9. The van der Waals surface area contributed by atoms with Crippen LogP contribution in [0.15, 0.2) is 17.1 Å². The number of aliphatic imine (C=N–C) groups is 1. The number of rotatable bonds is 5. The Kier molecular flexibility index (Phi) is 6.46. The highest BCUT2D eigenvalue weighted by molar-refractivity contribution is 7.92. The lowest BCUT2D eigenvalue weighted by Gasteiger charge is -2.39. The molecular formula is C18H29N3O5S. The van der Waals surface area contributed by atoms with Crippen LogP contribution in [0.2, 0.25) is 0 Å². The molecule has 0 saturated carbocycles. The molecule has 2 rings (SSSR count). The van der Waals surface area contributed by atoms with Gasteiger partial charge in [-0.2, -0.15) is 0 Å². The smallest absolute Gasteiger partial charge is 0.200 e. The van der Waals surface area contributed by atoms with Gasteiger partial charge in [0.05, 0.1) is 31.3 Å². The van der Waals surface area contributed by atoms with Crippen molar-refractivity contribution >= 4 is 15.8 Å². The van der Waals surface area contributed by atoms with Crippen molar-refractivity contribution in [3.05, 3.63) is 17.7 Å². The van der Waals surface area contributed by atoms with Crippen molar-refractivity contribution in [2.45, 2.75) is 32.1 Å². The third-order valence-corrected chi connectivity index (χ3v) is 7.16. The highest BCUT2D eigenvalue weighted by Gasteiger charge is 2.40. The number of methoxy groups -OCH3 is 2. The summed E-state index contributed by atoms with van der Waals surface area (Å²) < 4.78 is 34.0. The molecule has 1 aromatic carbocycles. The second-order valence-corrected chi connectivity index (χ2v) is 9.76. The van der Waals surface area contributed by atoms with Crippen molar-refractivity contribution in [3.8, 4) is 17.2 Å². The summed E-state index contributed by atoms with van der Waals surface area (Å²) >= 11 is 0. The van der Waals surface area contributed by atoms with E-state index >= 15 is 0 Å².